The van der Waals surface area contributed by atoms with Crippen LogP contribution < -0.4 is 11.1 Å². The maximum Gasteiger partial charge on any atom is 0.237 e. The standard InChI is InChI=1S/C11H18N2OS/c1-3-5-9(12)10(14)13-8-11(15-2)6-4-7-11/h1,9H,4-8,12H2,2H3,(H,13,14). The Morgan fingerprint density at radius 3 is 2.80 bits per heavy atom. The number of hydrogen-bond acceptors (Lipinski definition) is 3. The third-order valence-corrected chi connectivity index (χ3v) is 4.38. The van der Waals surface area contributed by atoms with Crippen molar-refractivity contribution in [3.8, 4) is 12.3 Å². The first-order valence-electron chi connectivity index (χ1n) is 5.15. The van der Waals surface area contributed by atoms with Crippen molar-refractivity contribution in [2.45, 2.75) is 36.5 Å². The molecule has 1 unspecified atom stereocenters. The number of nitrogens with one attached hydrogen (secondary N) is 1. The lowest BCUT2D eigenvalue weighted by atomic mass is 9.84. The molecule has 1 amide bonds. The van der Waals surface area contributed by atoms with Crippen LogP contribution in [0, 0.1) is 12.3 Å². The topological polar surface area (TPSA) is 55.1 Å². The van der Waals surface area contributed by atoms with Crippen LogP contribution in [0.5, 0.6) is 0 Å². The zero-order valence-corrected chi connectivity index (χ0v) is 9.90. The van der Waals surface area contributed by atoms with Crippen LogP contribution in [0.2, 0.25) is 0 Å². The van der Waals surface area contributed by atoms with Crippen LogP contribution >= 0.6 is 11.8 Å². The van der Waals surface area contributed by atoms with Crippen LogP contribution in [-0.2, 0) is 4.79 Å². The molecular formula is C11H18N2OS. The Labute approximate surface area is 95.6 Å². The van der Waals surface area contributed by atoms with Crippen molar-refractivity contribution in [1.82, 2.24) is 5.32 Å². The SMILES string of the molecule is C#CCC(N)C(=O)NCC1(SC)CCC1. The maximum absolute atomic E-state index is 11.5. The largest absolute Gasteiger partial charge is 0.353 e. The molecule has 0 saturated heterocycles. The number of thioether (sulfide) groups is 1. The summed E-state index contributed by atoms with van der Waals surface area (Å²) in [6.07, 6.45) is 11.1. The van der Waals surface area contributed by atoms with Crippen LogP contribution in [-0.4, -0.2) is 29.5 Å². The maximum atomic E-state index is 11.5. The minimum Gasteiger partial charge on any atom is -0.353 e. The van der Waals surface area contributed by atoms with E-state index in [4.69, 9.17) is 12.2 Å². The molecule has 0 aromatic carbocycles. The second kappa shape index (κ2) is 5.43. The minimum atomic E-state index is -0.561. The highest BCUT2D eigenvalue weighted by Gasteiger charge is 2.36. The zero-order chi connectivity index (χ0) is 11.3. The van der Waals surface area contributed by atoms with Gasteiger partial charge in [0, 0.05) is 17.7 Å². The van der Waals surface area contributed by atoms with Crippen molar-refractivity contribution >= 4 is 17.7 Å². The van der Waals surface area contributed by atoms with E-state index < -0.39 is 6.04 Å². The van der Waals surface area contributed by atoms with Gasteiger partial charge in [-0.15, -0.1) is 12.3 Å². The average molecular weight is 226 g/mol. The van der Waals surface area contributed by atoms with E-state index in [0.717, 1.165) is 0 Å². The van der Waals surface area contributed by atoms with Crippen LogP contribution in [0.1, 0.15) is 25.7 Å². The molecule has 1 aliphatic carbocycles. The van der Waals surface area contributed by atoms with E-state index >= 15 is 0 Å². The van der Waals surface area contributed by atoms with E-state index in [0.29, 0.717) is 13.0 Å². The molecule has 0 aromatic rings. The number of nitrogens with two attached hydrogens (primary N) is 1. The van der Waals surface area contributed by atoms with Gasteiger partial charge in [-0.05, 0) is 19.1 Å². The van der Waals surface area contributed by atoms with Gasteiger partial charge in [-0.2, -0.15) is 11.8 Å². The van der Waals surface area contributed by atoms with Gasteiger partial charge in [-0.3, -0.25) is 4.79 Å². The Morgan fingerprint density at radius 2 is 2.40 bits per heavy atom. The number of terminal acetylenes is 1. The fraction of sp³-hybridized carbons (Fsp3) is 0.727. The van der Waals surface area contributed by atoms with Crippen LogP contribution in [0.25, 0.3) is 0 Å². The van der Waals surface area contributed by atoms with E-state index in [9.17, 15) is 4.79 Å². The number of amides is 1. The van der Waals surface area contributed by atoms with E-state index in [2.05, 4.69) is 17.5 Å². The number of rotatable bonds is 5. The fourth-order valence-electron chi connectivity index (χ4n) is 1.62. The Kier molecular flexibility index (Phi) is 4.49. The Bertz CT molecular complexity index is 263. The molecule has 1 atom stereocenters. The van der Waals surface area contributed by atoms with Crippen molar-refractivity contribution in [3.05, 3.63) is 0 Å². The first-order chi connectivity index (χ1) is 7.13. The Hall–Kier alpha value is -0.660. The first kappa shape index (κ1) is 12.4. The van der Waals surface area contributed by atoms with Gasteiger partial charge in [0.05, 0.1) is 6.04 Å². The number of hydrogen-bond donors (Lipinski definition) is 2. The molecule has 3 nitrogen and oxygen atoms in total. The molecule has 0 spiro atoms. The minimum absolute atomic E-state index is 0.131. The summed E-state index contributed by atoms with van der Waals surface area (Å²) in [7, 11) is 0. The lowest BCUT2D eigenvalue weighted by Crippen LogP contribution is -2.49. The van der Waals surface area contributed by atoms with Gasteiger partial charge < -0.3 is 11.1 Å². The van der Waals surface area contributed by atoms with Gasteiger partial charge in [-0.25, -0.2) is 0 Å². The smallest absolute Gasteiger partial charge is 0.237 e. The van der Waals surface area contributed by atoms with Crippen molar-refractivity contribution < 1.29 is 4.79 Å². The van der Waals surface area contributed by atoms with Crippen molar-refractivity contribution in [2.75, 3.05) is 12.8 Å². The quantitative estimate of drug-likeness (QED) is 0.680. The molecule has 0 bridgehead atoms. The molecule has 15 heavy (non-hydrogen) atoms. The van der Waals surface area contributed by atoms with Gasteiger partial charge in [0.15, 0.2) is 0 Å². The highest BCUT2D eigenvalue weighted by atomic mass is 32.2. The summed E-state index contributed by atoms with van der Waals surface area (Å²) in [6.45, 7) is 0.714. The highest BCUT2D eigenvalue weighted by Crippen LogP contribution is 2.42. The summed E-state index contributed by atoms with van der Waals surface area (Å²) < 4.78 is 0.255. The normalized spacial score (nSPS) is 19.8. The molecule has 1 rings (SSSR count). The van der Waals surface area contributed by atoms with Crippen molar-refractivity contribution in [2.24, 2.45) is 5.73 Å². The summed E-state index contributed by atoms with van der Waals surface area (Å²) >= 11 is 1.83. The molecule has 3 N–H and O–H groups in total. The molecule has 84 valence electrons. The molecule has 1 fully saturated rings. The molecule has 0 aromatic heterocycles. The lowest BCUT2D eigenvalue weighted by molar-refractivity contribution is -0.122. The van der Waals surface area contributed by atoms with Gasteiger partial charge >= 0.3 is 0 Å². The van der Waals surface area contributed by atoms with Gasteiger partial charge in [-0.1, -0.05) is 6.42 Å². The molecule has 1 aliphatic rings. The number of carbonyl (C=O) groups is 1. The van der Waals surface area contributed by atoms with Gasteiger partial charge in [0.25, 0.3) is 0 Å². The van der Waals surface area contributed by atoms with Gasteiger partial charge in [0.2, 0.25) is 5.91 Å². The van der Waals surface area contributed by atoms with E-state index in [1.807, 2.05) is 11.8 Å². The zero-order valence-electron chi connectivity index (χ0n) is 9.08. The third-order valence-electron chi connectivity index (χ3n) is 2.96. The summed E-state index contributed by atoms with van der Waals surface area (Å²) in [6, 6.07) is -0.561. The summed E-state index contributed by atoms with van der Waals surface area (Å²) in [4.78, 5) is 11.5. The van der Waals surface area contributed by atoms with E-state index in [1.165, 1.54) is 19.3 Å². The average Bonchev–Trinajstić information content (AvgIpc) is 2.17. The second-order valence-electron chi connectivity index (χ2n) is 3.97. The van der Waals surface area contributed by atoms with Crippen LogP contribution in [0.4, 0.5) is 0 Å². The van der Waals surface area contributed by atoms with Gasteiger partial charge in [0.1, 0.15) is 0 Å². The lowest BCUT2D eigenvalue weighted by Gasteiger charge is -2.40. The highest BCUT2D eigenvalue weighted by molar-refractivity contribution is 8.00. The summed E-state index contributed by atoms with van der Waals surface area (Å²) in [5.41, 5.74) is 5.60. The van der Waals surface area contributed by atoms with Crippen LogP contribution in [0.15, 0.2) is 0 Å². The van der Waals surface area contributed by atoms with E-state index in [-0.39, 0.29) is 10.7 Å². The Morgan fingerprint density at radius 1 is 1.73 bits per heavy atom. The summed E-state index contributed by atoms with van der Waals surface area (Å²) in [5, 5.41) is 2.88. The van der Waals surface area contributed by atoms with E-state index in [1.54, 1.807) is 0 Å². The predicted octanol–water partition coefficient (Wildman–Crippen LogP) is 0.739. The monoisotopic (exact) mass is 226 g/mol. The predicted molar refractivity (Wildman–Crippen MR) is 64.5 cm³/mol. The first-order valence-corrected chi connectivity index (χ1v) is 6.38. The number of carbonyl (C=O) groups excluding carboxylic acids is 1. The molecule has 0 radical (unpaired) electrons. The second-order valence-corrected chi connectivity index (χ2v) is 5.25. The molecular weight excluding hydrogens is 208 g/mol. The molecule has 0 aliphatic heterocycles. The molecule has 4 heteroatoms. The molecule has 1 saturated carbocycles. The van der Waals surface area contributed by atoms with Crippen molar-refractivity contribution in [3.63, 3.8) is 0 Å². The molecule has 0 heterocycles. The van der Waals surface area contributed by atoms with Crippen molar-refractivity contribution in [1.29, 1.82) is 0 Å². The van der Waals surface area contributed by atoms with Crippen LogP contribution in [0.3, 0.4) is 0 Å². The summed E-state index contributed by atoms with van der Waals surface area (Å²) in [5.74, 6) is 2.27. The fourth-order valence-corrected chi connectivity index (χ4v) is 2.54. The Balaban J connectivity index is 2.30. The third kappa shape index (κ3) is 3.15.